The molecule has 24 heavy (non-hydrogen) atoms. The molecule has 1 unspecified atom stereocenters. The lowest BCUT2D eigenvalue weighted by atomic mass is 9.92. The second-order valence-electron chi connectivity index (χ2n) is 5.78. The van der Waals surface area contributed by atoms with Gasteiger partial charge in [-0.3, -0.25) is 9.69 Å². The first-order valence-corrected chi connectivity index (χ1v) is 8.27. The number of imide groups is 1. The van der Waals surface area contributed by atoms with E-state index in [4.69, 9.17) is 4.74 Å². The Morgan fingerprint density at radius 1 is 1.17 bits per heavy atom. The third kappa shape index (κ3) is 2.78. The highest BCUT2D eigenvalue weighted by Crippen LogP contribution is 2.34. The van der Waals surface area contributed by atoms with E-state index in [0.29, 0.717) is 5.75 Å². The van der Waals surface area contributed by atoms with Crippen LogP contribution in [0.2, 0.25) is 0 Å². The van der Waals surface area contributed by atoms with Gasteiger partial charge in [0.15, 0.2) is 0 Å². The van der Waals surface area contributed by atoms with E-state index in [1.54, 1.807) is 14.0 Å². The zero-order chi connectivity index (χ0) is 17.3. The molecule has 0 aliphatic carbocycles. The van der Waals surface area contributed by atoms with Crippen LogP contribution in [-0.2, 0) is 16.9 Å². The van der Waals surface area contributed by atoms with E-state index in [1.807, 2.05) is 48.5 Å². The molecule has 0 bridgehead atoms. The number of nitrogens with zero attached hydrogens (tertiary/aromatic N) is 1. The number of hydrogen-bond acceptors (Lipinski definition) is 3. The summed E-state index contributed by atoms with van der Waals surface area (Å²) in [7, 11) is 1.58. The zero-order valence-corrected chi connectivity index (χ0v) is 15.0. The van der Waals surface area contributed by atoms with Crippen molar-refractivity contribution in [2.24, 2.45) is 0 Å². The Morgan fingerprint density at radius 3 is 2.62 bits per heavy atom. The summed E-state index contributed by atoms with van der Waals surface area (Å²) in [6.07, 6.45) is 0. The fraction of sp³-hybridized carbons (Fsp3) is 0.222. The lowest BCUT2D eigenvalue weighted by Gasteiger charge is -2.23. The molecule has 0 spiro atoms. The van der Waals surface area contributed by atoms with Crippen LogP contribution in [0, 0.1) is 0 Å². The number of halogens is 1. The summed E-state index contributed by atoms with van der Waals surface area (Å²) in [6, 6.07) is 14.3. The van der Waals surface area contributed by atoms with Crippen LogP contribution in [-0.4, -0.2) is 23.9 Å². The van der Waals surface area contributed by atoms with Crippen LogP contribution in [0.3, 0.4) is 0 Å². The number of ether oxygens (including phenoxy) is 1. The van der Waals surface area contributed by atoms with Crippen molar-refractivity contribution < 1.29 is 14.3 Å². The molecule has 1 atom stereocenters. The first kappa shape index (κ1) is 16.5. The van der Waals surface area contributed by atoms with E-state index in [1.165, 1.54) is 4.90 Å². The normalized spacial score (nSPS) is 20.2. The summed E-state index contributed by atoms with van der Waals surface area (Å²) in [5.74, 6) is 0.412. The molecule has 0 radical (unpaired) electrons. The van der Waals surface area contributed by atoms with Crippen LogP contribution in [0.4, 0.5) is 4.79 Å². The molecule has 5 nitrogen and oxygen atoms in total. The third-order valence-electron chi connectivity index (χ3n) is 4.16. The Labute approximate surface area is 148 Å². The van der Waals surface area contributed by atoms with Gasteiger partial charge < -0.3 is 10.1 Å². The number of carbonyl (C=O) groups excluding carboxylic acids is 2. The van der Waals surface area contributed by atoms with Crippen molar-refractivity contribution >= 4 is 27.9 Å². The second kappa shape index (κ2) is 6.28. The quantitative estimate of drug-likeness (QED) is 0.816. The van der Waals surface area contributed by atoms with Gasteiger partial charge in [-0.05, 0) is 30.7 Å². The predicted octanol–water partition coefficient (Wildman–Crippen LogP) is 3.42. The van der Waals surface area contributed by atoms with Gasteiger partial charge in [0.25, 0.3) is 5.91 Å². The molecule has 1 heterocycles. The highest BCUT2D eigenvalue weighted by molar-refractivity contribution is 9.10. The molecule has 1 aliphatic heterocycles. The molecule has 0 saturated carbocycles. The SMILES string of the molecule is COc1cccc(CN2C(=O)NC(C)(c3ccccc3Br)C2=O)c1. The average Bonchev–Trinajstić information content (AvgIpc) is 2.79. The maximum atomic E-state index is 12.9. The Bertz CT molecular complexity index is 808. The molecular weight excluding hydrogens is 372 g/mol. The lowest BCUT2D eigenvalue weighted by Crippen LogP contribution is -2.41. The number of nitrogens with one attached hydrogen (secondary N) is 1. The molecule has 0 aromatic heterocycles. The minimum Gasteiger partial charge on any atom is -0.497 e. The second-order valence-corrected chi connectivity index (χ2v) is 6.63. The van der Waals surface area contributed by atoms with Crippen molar-refractivity contribution in [2.45, 2.75) is 19.0 Å². The highest BCUT2D eigenvalue weighted by Gasteiger charge is 2.49. The first-order valence-electron chi connectivity index (χ1n) is 7.48. The predicted molar refractivity (Wildman–Crippen MR) is 93.6 cm³/mol. The van der Waals surface area contributed by atoms with Gasteiger partial charge >= 0.3 is 6.03 Å². The molecule has 1 N–H and O–H groups in total. The molecule has 3 amide bonds. The minimum atomic E-state index is -1.09. The van der Waals surface area contributed by atoms with Crippen LogP contribution in [0.5, 0.6) is 5.75 Å². The molecule has 1 aliphatic rings. The molecule has 3 rings (SSSR count). The summed E-state index contributed by atoms with van der Waals surface area (Å²) in [4.78, 5) is 26.6. The Balaban J connectivity index is 1.90. The summed E-state index contributed by atoms with van der Waals surface area (Å²) in [6.45, 7) is 1.92. The molecular formula is C18H17BrN2O3. The van der Waals surface area contributed by atoms with Gasteiger partial charge in [0.1, 0.15) is 11.3 Å². The molecule has 1 saturated heterocycles. The molecule has 124 valence electrons. The van der Waals surface area contributed by atoms with Gasteiger partial charge in [-0.2, -0.15) is 0 Å². The monoisotopic (exact) mass is 388 g/mol. The Hall–Kier alpha value is -2.34. The fourth-order valence-corrected chi connectivity index (χ4v) is 3.52. The number of methoxy groups -OCH3 is 1. The maximum absolute atomic E-state index is 12.9. The van der Waals surface area contributed by atoms with Crippen molar-refractivity contribution in [2.75, 3.05) is 7.11 Å². The number of benzene rings is 2. The van der Waals surface area contributed by atoms with Gasteiger partial charge in [-0.1, -0.05) is 46.3 Å². The number of amides is 3. The first-order chi connectivity index (χ1) is 11.5. The molecule has 2 aromatic rings. The van der Waals surface area contributed by atoms with E-state index in [2.05, 4.69) is 21.2 Å². The molecule has 2 aromatic carbocycles. The van der Waals surface area contributed by atoms with Crippen molar-refractivity contribution in [3.63, 3.8) is 0 Å². The number of urea groups is 1. The minimum absolute atomic E-state index is 0.196. The largest absolute Gasteiger partial charge is 0.497 e. The van der Waals surface area contributed by atoms with E-state index >= 15 is 0 Å². The van der Waals surface area contributed by atoms with Crippen LogP contribution in [0.1, 0.15) is 18.1 Å². The third-order valence-corrected chi connectivity index (χ3v) is 4.85. The van der Waals surface area contributed by atoms with E-state index < -0.39 is 11.6 Å². The topological polar surface area (TPSA) is 58.6 Å². The van der Waals surface area contributed by atoms with Crippen LogP contribution < -0.4 is 10.1 Å². The van der Waals surface area contributed by atoms with Crippen LogP contribution in [0.15, 0.2) is 53.0 Å². The van der Waals surface area contributed by atoms with Crippen LogP contribution >= 0.6 is 15.9 Å². The fourth-order valence-electron chi connectivity index (χ4n) is 2.84. The summed E-state index contributed by atoms with van der Waals surface area (Å²) in [5.41, 5.74) is 0.474. The van der Waals surface area contributed by atoms with Gasteiger partial charge in [-0.25, -0.2) is 4.79 Å². The number of rotatable bonds is 4. The average molecular weight is 389 g/mol. The van der Waals surface area contributed by atoms with Crippen molar-refractivity contribution in [3.05, 3.63) is 64.1 Å². The molecule has 6 heteroatoms. The zero-order valence-electron chi connectivity index (χ0n) is 13.4. The Kier molecular flexibility index (Phi) is 4.32. The summed E-state index contributed by atoms with van der Waals surface area (Å²) in [5, 5.41) is 2.81. The van der Waals surface area contributed by atoms with Gasteiger partial charge in [0, 0.05) is 10.0 Å². The van der Waals surface area contributed by atoms with Crippen molar-refractivity contribution in [1.29, 1.82) is 0 Å². The standard InChI is InChI=1S/C18H17BrN2O3/c1-18(14-8-3-4-9-15(14)19)16(22)21(17(23)20-18)11-12-6-5-7-13(10-12)24-2/h3-10H,11H2,1-2H3,(H,20,23). The van der Waals surface area contributed by atoms with Gasteiger partial charge in [0.2, 0.25) is 0 Å². The summed E-state index contributed by atoms with van der Waals surface area (Å²) >= 11 is 3.46. The van der Waals surface area contributed by atoms with E-state index in [0.717, 1.165) is 15.6 Å². The summed E-state index contributed by atoms with van der Waals surface area (Å²) < 4.78 is 5.97. The smallest absolute Gasteiger partial charge is 0.325 e. The number of hydrogen-bond donors (Lipinski definition) is 1. The maximum Gasteiger partial charge on any atom is 0.325 e. The van der Waals surface area contributed by atoms with Gasteiger partial charge in [0.05, 0.1) is 13.7 Å². The highest BCUT2D eigenvalue weighted by atomic mass is 79.9. The van der Waals surface area contributed by atoms with E-state index in [9.17, 15) is 9.59 Å². The Morgan fingerprint density at radius 2 is 1.92 bits per heavy atom. The van der Waals surface area contributed by atoms with Crippen molar-refractivity contribution in [3.8, 4) is 5.75 Å². The number of carbonyl (C=O) groups is 2. The lowest BCUT2D eigenvalue weighted by molar-refractivity contribution is -0.131. The molecule has 1 fully saturated rings. The van der Waals surface area contributed by atoms with Gasteiger partial charge in [-0.15, -0.1) is 0 Å². The van der Waals surface area contributed by atoms with Crippen molar-refractivity contribution in [1.82, 2.24) is 10.2 Å². The van der Waals surface area contributed by atoms with Crippen LogP contribution in [0.25, 0.3) is 0 Å². The van der Waals surface area contributed by atoms with E-state index in [-0.39, 0.29) is 12.5 Å².